The molecule has 0 amide bonds. The van der Waals surface area contributed by atoms with Crippen molar-refractivity contribution in [3.8, 4) is 33.8 Å². The average Bonchev–Trinajstić information content (AvgIpc) is 3.36. The Morgan fingerprint density at radius 2 is 1.65 bits per heavy atom. The molecule has 3 nitrogen and oxygen atoms in total. The van der Waals surface area contributed by atoms with Gasteiger partial charge < -0.3 is 4.57 Å². The molecule has 0 saturated carbocycles. The number of hydrogen-bond acceptors (Lipinski definition) is 3. The van der Waals surface area contributed by atoms with Gasteiger partial charge in [-0.05, 0) is 56.5 Å². The van der Waals surface area contributed by atoms with Gasteiger partial charge in [0.25, 0.3) is 0 Å². The Hall–Kier alpha value is -3.24. The largest absolute Gasteiger partial charge is 0.324 e. The average molecular weight is 424 g/mol. The summed E-state index contributed by atoms with van der Waals surface area (Å²) in [6.45, 7) is 9.41. The summed E-state index contributed by atoms with van der Waals surface area (Å²) in [5.74, 6) is 1.01. The lowest BCUT2D eigenvalue weighted by Gasteiger charge is -2.14. The van der Waals surface area contributed by atoms with E-state index in [4.69, 9.17) is 4.98 Å². The zero-order valence-electron chi connectivity index (χ0n) is 18.3. The summed E-state index contributed by atoms with van der Waals surface area (Å²) < 4.78 is 2.31. The van der Waals surface area contributed by atoms with E-state index in [1.54, 1.807) is 11.3 Å². The van der Waals surface area contributed by atoms with Gasteiger partial charge in [-0.1, -0.05) is 54.1 Å². The summed E-state index contributed by atoms with van der Waals surface area (Å²) in [5, 5.41) is 3.20. The van der Waals surface area contributed by atoms with E-state index in [2.05, 4.69) is 96.4 Å². The first kappa shape index (κ1) is 19.7. The van der Waals surface area contributed by atoms with Gasteiger partial charge in [0.1, 0.15) is 5.82 Å². The smallest absolute Gasteiger partial charge is 0.141 e. The van der Waals surface area contributed by atoms with Crippen molar-refractivity contribution in [1.29, 1.82) is 0 Å². The molecule has 0 unspecified atom stereocenters. The van der Waals surface area contributed by atoms with Gasteiger partial charge in [0.05, 0.1) is 21.7 Å². The van der Waals surface area contributed by atoms with Gasteiger partial charge in [0.2, 0.25) is 0 Å². The van der Waals surface area contributed by atoms with Crippen LogP contribution in [0.15, 0.2) is 66.0 Å². The Bertz CT molecular complexity index is 1410. The summed E-state index contributed by atoms with van der Waals surface area (Å²) in [4.78, 5) is 9.77. The summed E-state index contributed by atoms with van der Waals surface area (Å²) in [6.07, 6.45) is 0. The van der Waals surface area contributed by atoms with E-state index in [-0.39, 0.29) is 0 Å². The molecule has 31 heavy (non-hydrogen) atoms. The molecule has 2 heterocycles. The molecular formula is C27H25N3S. The van der Waals surface area contributed by atoms with E-state index in [0.29, 0.717) is 0 Å². The molecule has 0 saturated heterocycles. The molecule has 0 atom stereocenters. The minimum atomic E-state index is 0.863. The number of aromatic nitrogens is 3. The van der Waals surface area contributed by atoms with Crippen molar-refractivity contribution < 1.29 is 0 Å². The number of fused-ring (bicyclic) bond motifs is 1. The van der Waals surface area contributed by atoms with Crippen molar-refractivity contribution in [2.24, 2.45) is 0 Å². The molecule has 0 spiro atoms. The van der Waals surface area contributed by atoms with Gasteiger partial charge in [0.15, 0.2) is 0 Å². The highest BCUT2D eigenvalue weighted by Crippen LogP contribution is 2.36. The van der Waals surface area contributed by atoms with Gasteiger partial charge in [-0.25, -0.2) is 9.97 Å². The maximum absolute atomic E-state index is 5.12. The second kappa shape index (κ2) is 7.78. The summed E-state index contributed by atoms with van der Waals surface area (Å²) in [6, 6.07) is 21.8. The van der Waals surface area contributed by atoms with Gasteiger partial charge in [0, 0.05) is 23.1 Å². The van der Waals surface area contributed by atoms with E-state index in [9.17, 15) is 0 Å². The molecule has 0 fully saturated rings. The van der Waals surface area contributed by atoms with Crippen molar-refractivity contribution in [1.82, 2.24) is 14.5 Å². The Labute approximate surface area is 187 Å². The highest BCUT2D eigenvalue weighted by atomic mass is 32.1. The molecule has 3 aromatic carbocycles. The zero-order valence-corrected chi connectivity index (χ0v) is 19.1. The second-order valence-electron chi connectivity index (χ2n) is 8.00. The molecule has 0 radical (unpaired) electrons. The van der Waals surface area contributed by atoms with E-state index in [1.165, 1.54) is 27.8 Å². The van der Waals surface area contributed by atoms with E-state index < -0.39 is 0 Å². The van der Waals surface area contributed by atoms with Crippen LogP contribution in [0.5, 0.6) is 0 Å². The predicted molar refractivity (Wildman–Crippen MR) is 132 cm³/mol. The maximum atomic E-state index is 5.12. The molecular weight excluding hydrogens is 398 g/mol. The number of imidazole rings is 1. The lowest BCUT2D eigenvalue weighted by Crippen LogP contribution is -1.99. The van der Waals surface area contributed by atoms with Crippen LogP contribution in [-0.2, 0) is 6.54 Å². The molecule has 0 aliphatic heterocycles. The SMILES string of the molecule is CCn1c(-c2ccccc2-c2ccc(C)cc2C)nc2cc(-c3csc(C)n3)ccc21. The lowest BCUT2D eigenvalue weighted by molar-refractivity contribution is 0.796. The third kappa shape index (κ3) is 3.47. The van der Waals surface area contributed by atoms with Crippen molar-refractivity contribution in [3.05, 3.63) is 82.2 Å². The molecule has 0 bridgehead atoms. The van der Waals surface area contributed by atoms with Gasteiger partial charge in [-0.2, -0.15) is 0 Å². The van der Waals surface area contributed by atoms with Crippen LogP contribution in [-0.4, -0.2) is 14.5 Å². The third-order valence-corrected chi connectivity index (χ3v) is 6.59. The molecule has 0 aliphatic rings. The first-order valence-corrected chi connectivity index (χ1v) is 11.5. The summed E-state index contributed by atoms with van der Waals surface area (Å²) >= 11 is 1.68. The Balaban J connectivity index is 1.70. The monoisotopic (exact) mass is 423 g/mol. The van der Waals surface area contributed by atoms with Crippen LogP contribution in [0, 0.1) is 20.8 Å². The molecule has 154 valence electrons. The minimum Gasteiger partial charge on any atom is -0.324 e. The minimum absolute atomic E-state index is 0.863. The van der Waals surface area contributed by atoms with E-state index in [0.717, 1.165) is 39.7 Å². The first-order chi connectivity index (χ1) is 15.0. The lowest BCUT2D eigenvalue weighted by atomic mass is 9.94. The number of thiazole rings is 1. The van der Waals surface area contributed by atoms with Crippen LogP contribution in [0.25, 0.3) is 44.8 Å². The van der Waals surface area contributed by atoms with E-state index in [1.807, 2.05) is 6.92 Å². The fourth-order valence-electron chi connectivity index (χ4n) is 4.34. The molecule has 2 aromatic heterocycles. The fraction of sp³-hybridized carbons (Fsp3) is 0.185. The van der Waals surface area contributed by atoms with Crippen LogP contribution < -0.4 is 0 Å². The standard InChI is InChI=1S/C27H25N3S/c1-5-30-26-13-11-20(25-16-31-19(4)28-25)15-24(26)29-27(30)23-9-7-6-8-22(23)21-12-10-17(2)14-18(21)3/h6-16H,5H2,1-4H3. The van der Waals surface area contributed by atoms with Gasteiger partial charge in [-0.15, -0.1) is 11.3 Å². The molecule has 0 aliphatic carbocycles. The Morgan fingerprint density at radius 3 is 2.35 bits per heavy atom. The van der Waals surface area contributed by atoms with E-state index >= 15 is 0 Å². The topological polar surface area (TPSA) is 30.7 Å². The van der Waals surface area contributed by atoms with Crippen LogP contribution in [0.1, 0.15) is 23.1 Å². The van der Waals surface area contributed by atoms with Crippen molar-refractivity contribution >= 4 is 22.4 Å². The molecule has 4 heteroatoms. The predicted octanol–water partition coefficient (Wildman–Crippen LogP) is 7.44. The second-order valence-corrected chi connectivity index (χ2v) is 9.06. The summed E-state index contributed by atoms with van der Waals surface area (Å²) in [5.41, 5.74) is 10.5. The summed E-state index contributed by atoms with van der Waals surface area (Å²) in [7, 11) is 0. The van der Waals surface area contributed by atoms with Crippen LogP contribution in [0.2, 0.25) is 0 Å². The quantitative estimate of drug-likeness (QED) is 0.301. The van der Waals surface area contributed by atoms with Crippen LogP contribution >= 0.6 is 11.3 Å². The molecule has 5 aromatic rings. The van der Waals surface area contributed by atoms with Crippen LogP contribution in [0.3, 0.4) is 0 Å². The highest BCUT2D eigenvalue weighted by Gasteiger charge is 2.17. The number of aryl methyl sites for hydroxylation is 4. The van der Waals surface area contributed by atoms with Crippen molar-refractivity contribution in [3.63, 3.8) is 0 Å². The highest BCUT2D eigenvalue weighted by molar-refractivity contribution is 7.09. The number of rotatable bonds is 4. The number of nitrogens with zero attached hydrogens (tertiary/aromatic N) is 3. The zero-order chi connectivity index (χ0) is 21.5. The number of benzene rings is 3. The van der Waals surface area contributed by atoms with Crippen molar-refractivity contribution in [2.75, 3.05) is 0 Å². The molecule has 0 N–H and O–H groups in total. The maximum Gasteiger partial charge on any atom is 0.141 e. The normalized spacial score (nSPS) is 11.4. The van der Waals surface area contributed by atoms with Gasteiger partial charge in [-0.3, -0.25) is 0 Å². The third-order valence-electron chi connectivity index (χ3n) is 5.82. The number of hydrogen-bond donors (Lipinski definition) is 0. The fourth-order valence-corrected chi connectivity index (χ4v) is 4.96. The first-order valence-electron chi connectivity index (χ1n) is 10.6. The molecule has 5 rings (SSSR count). The van der Waals surface area contributed by atoms with Gasteiger partial charge >= 0.3 is 0 Å². The van der Waals surface area contributed by atoms with Crippen LogP contribution in [0.4, 0.5) is 0 Å². The Kier molecular flexibility index (Phi) is 4.95. The van der Waals surface area contributed by atoms with Crippen molar-refractivity contribution in [2.45, 2.75) is 34.2 Å². The Morgan fingerprint density at radius 1 is 0.839 bits per heavy atom.